The molecule has 2 rings (SSSR count). The van der Waals surface area contributed by atoms with E-state index in [0.717, 1.165) is 23.3 Å². The van der Waals surface area contributed by atoms with Crippen molar-refractivity contribution in [2.24, 2.45) is 0 Å². The molecule has 0 aliphatic heterocycles. The zero-order valence-corrected chi connectivity index (χ0v) is 12.8. The minimum atomic E-state index is 0.286. The van der Waals surface area contributed by atoms with Gasteiger partial charge >= 0.3 is 0 Å². The SMILES string of the molecule is C=C(Sc1cccc(CC)c1CC)c1ccc(O)cc1. The van der Waals surface area contributed by atoms with Crippen molar-refractivity contribution in [2.45, 2.75) is 31.6 Å². The van der Waals surface area contributed by atoms with E-state index in [4.69, 9.17) is 0 Å². The molecule has 1 nitrogen and oxygen atoms in total. The summed E-state index contributed by atoms with van der Waals surface area (Å²) in [4.78, 5) is 2.29. The normalized spacial score (nSPS) is 10.5. The average Bonchev–Trinajstić information content (AvgIpc) is 2.47. The Labute approximate surface area is 125 Å². The van der Waals surface area contributed by atoms with Crippen molar-refractivity contribution in [3.05, 3.63) is 65.7 Å². The largest absolute Gasteiger partial charge is 0.508 e. The third-order valence-electron chi connectivity index (χ3n) is 3.39. The smallest absolute Gasteiger partial charge is 0.115 e. The Hall–Kier alpha value is -1.67. The Morgan fingerprint density at radius 1 is 1.05 bits per heavy atom. The van der Waals surface area contributed by atoms with Crippen LogP contribution in [0.3, 0.4) is 0 Å². The number of hydrogen-bond donors (Lipinski definition) is 1. The van der Waals surface area contributed by atoms with Gasteiger partial charge in [-0.2, -0.15) is 0 Å². The summed E-state index contributed by atoms with van der Waals surface area (Å²) >= 11 is 1.71. The molecule has 0 atom stereocenters. The molecule has 0 spiro atoms. The molecule has 0 saturated carbocycles. The van der Waals surface area contributed by atoms with E-state index in [2.05, 4.69) is 38.6 Å². The summed E-state index contributed by atoms with van der Waals surface area (Å²) in [5.41, 5.74) is 3.88. The van der Waals surface area contributed by atoms with Crippen molar-refractivity contribution in [3.8, 4) is 5.75 Å². The van der Waals surface area contributed by atoms with Gasteiger partial charge in [0.25, 0.3) is 0 Å². The van der Waals surface area contributed by atoms with Gasteiger partial charge in [-0.25, -0.2) is 0 Å². The molecule has 104 valence electrons. The van der Waals surface area contributed by atoms with Gasteiger partial charge < -0.3 is 5.11 Å². The van der Waals surface area contributed by atoms with Crippen LogP contribution in [0.1, 0.15) is 30.5 Å². The summed E-state index contributed by atoms with van der Waals surface area (Å²) in [5, 5.41) is 9.34. The second-order valence-corrected chi connectivity index (χ2v) is 5.81. The number of hydrogen-bond acceptors (Lipinski definition) is 2. The van der Waals surface area contributed by atoms with Gasteiger partial charge in [-0.1, -0.05) is 56.5 Å². The number of rotatable bonds is 5. The summed E-state index contributed by atoms with van der Waals surface area (Å²) in [7, 11) is 0. The number of benzene rings is 2. The molecular weight excluding hydrogens is 264 g/mol. The second-order valence-electron chi connectivity index (χ2n) is 4.67. The van der Waals surface area contributed by atoms with Crippen LogP contribution in [0.5, 0.6) is 5.75 Å². The van der Waals surface area contributed by atoms with Gasteiger partial charge in [-0.05, 0) is 47.7 Å². The third kappa shape index (κ3) is 3.26. The van der Waals surface area contributed by atoms with Gasteiger partial charge in [0.2, 0.25) is 0 Å². The van der Waals surface area contributed by atoms with Crippen LogP contribution in [-0.2, 0) is 12.8 Å². The van der Waals surface area contributed by atoms with E-state index >= 15 is 0 Å². The number of thioether (sulfide) groups is 1. The van der Waals surface area contributed by atoms with Crippen LogP contribution in [0.4, 0.5) is 0 Å². The second kappa shape index (κ2) is 6.67. The fourth-order valence-corrected chi connectivity index (χ4v) is 3.34. The lowest BCUT2D eigenvalue weighted by Crippen LogP contribution is -1.93. The van der Waals surface area contributed by atoms with Crippen molar-refractivity contribution in [1.29, 1.82) is 0 Å². The maximum absolute atomic E-state index is 9.34. The highest BCUT2D eigenvalue weighted by Gasteiger charge is 2.08. The first kappa shape index (κ1) is 14.7. The summed E-state index contributed by atoms with van der Waals surface area (Å²) in [5.74, 6) is 0.286. The molecule has 0 bridgehead atoms. The molecule has 1 N–H and O–H groups in total. The molecule has 2 aromatic rings. The van der Waals surface area contributed by atoms with Gasteiger partial charge in [0, 0.05) is 9.80 Å². The molecule has 0 aromatic heterocycles. The minimum absolute atomic E-state index is 0.286. The van der Waals surface area contributed by atoms with Gasteiger partial charge in [-0.3, -0.25) is 0 Å². The first-order valence-corrected chi connectivity index (χ1v) is 7.74. The van der Waals surface area contributed by atoms with E-state index in [9.17, 15) is 5.11 Å². The molecule has 0 heterocycles. The van der Waals surface area contributed by atoms with Crippen LogP contribution in [0, 0.1) is 0 Å². The Bertz CT molecular complexity index is 599. The third-order valence-corrected chi connectivity index (χ3v) is 4.47. The molecule has 0 aliphatic rings. The first-order valence-electron chi connectivity index (χ1n) is 6.92. The fourth-order valence-electron chi connectivity index (χ4n) is 2.28. The molecule has 2 aromatic carbocycles. The quantitative estimate of drug-likeness (QED) is 0.754. The monoisotopic (exact) mass is 284 g/mol. The lowest BCUT2D eigenvalue weighted by molar-refractivity contribution is 0.475. The predicted molar refractivity (Wildman–Crippen MR) is 88.2 cm³/mol. The van der Waals surface area contributed by atoms with Gasteiger partial charge in [0.05, 0.1) is 0 Å². The standard InChI is InChI=1S/C18H20OS/c1-4-14-7-6-8-18(17(14)5-2)20-13(3)15-9-11-16(19)12-10-15/h6-12,19H,3-5H2,1-2H3. The molecule has 0 unspecified atom stereocenters. The van der Waals surface area contributed by atoms with Crippen molar-refractivity contribution < 1.29 is 5.11 Å². The van der Waals surface area contributed by atoms with E-state index in [-0.39, 0.29) is 5.75 Å². The average molecular weight is 284 g/mol. The summed E-state index contributed by atoms with van der Waals surface area (Å²) < 4.78 is 0. The topological polar surface area (TPSA) is 20.2 Å². The minimum Gasteiger partial charge on any atom is -0.508 e. The van der Waals surface area contributed by atoms with Gasteiger partial charge in [0.15, 0.2) is 0 Å². The Morgan fingerprint density at radius 3 is 2.35 bits per heavy atom. The lowest BCUT2D eigenvalue weighted by atomic mass is 10.0. The van der Waals surface area contributed by atoms with E-state index in [1.807, 2.05) is 12.1 Å². The zero-order valence-electron chi connectivity index (χ0n) is 12.0. The number of phenols is 1. The number of aryl methyl sites for hydroxylation is 1. The number of phenolic OH excluding ortho intramolecular Hbond substituents is 1. The van der Waals surface area contributed by atoms with Crippen LogP contribution < -0.4 is 0 Å². The van der Waals surface area contributed by atoms with Crippen LogP contribution in [0.2, 0.25) is 0 Å². The summed E-state index contributed by atoms with van der Waals surface area (Å²) in [6, 6.07) is 13.7. The molecule has 0 saturated heterocycles. The maximum Gasteiger partial charge on any atom is 0.115 e. The molecule has 2 heteroatoms. The number of aromatic hydroxyl groups is 1. The zero-order chi connectivity index (χ0) is 14.5. The Morgan fingerprint density at radius 2 is 1.75 bits per heavy atom. The fraction of sp³-hybridized carbons (Fsp3) is 0.222. The van der Waals surface area contributed by atoms with Crippen LogP contribution in [-0.4, -0.2) is 5.11 Å². The van der Waals surface area contributed by atoms with Gasteiger partial charge in [0.1, 0.15) is 5.75 Å². The van der Waals surface area contributed by atoms with E-state index in [1.165, 1.54) is 16.0 Å². The molecule has 0 fully saturated rings. The van der Waals surface area contributed by atoms with Crippen molar-refractivity contribution in [2.75, 3.05) is 0 Å². The van der Waals surface area contributed by atoms with Crippen LogP contribution in [0.25, 0.3) is 4.91 Å². The van der Waals surface area contributed by atoms with E-state index < -0.39 is 0 Å². The van der Waals surface area contributed by atoms with Crippen LogP contribution in [0.15, 0.2) is 53.9 Å². The van der Waals surface area contributed by atoms with Crippen molar-refractivity contribution in [1.82, 2.24) is 0 Å². The van der Waals surface area contributed by atoms with Crippen molar-refractivity contribution in [3.63, 3.8) is 0 Å². The molecular formula is C18H20OS. The van der Waals surface area contributed by atoms with E-state index in [1.54, 1.807) is 23.9 Å². The predicted octanol–water partition coefficient (Wildman–Crippen LogP) is 5.28. The summed E-state index contributed by atoms with van der Waals surface area (Å²) in [6.07, 6.45) is 2.10. The maximum atomic E-state index is 9.34. The molecule has 0 aliphatic carbocycles. The highest BCUT2D eigenvalue weighted by molar-refractivity contribution is 8.08. The molecule has 0 amide bonds. The first-order chi connectivity index (χ1) is 9.65. The Balaban J connectivity index is 2.25. The van der Waals surface area contributed by atoms with E-state index in [0.29, 0.717) is 0 Å². The van der Waals surface area contributed by atoms with Gasteiger partial charge in [-0.15, -0.1) is 0 Å². The highest BCUT2D eigenvalue weighted by atomic mass is 32.2. The van der Waals surface area contributed by atoms with Crippen LogP contribution >= 0.6 is 11.8 Å². The summed E-state index contributed by atoms with van der Waals surface area (Å²) in [6.45, 7) is 8.55. The molecule has 0 radical (unpaired) electrons. The highest BCUT2D eigenvalue weighted by Crippen LogP contribution is 2.36. The Kier molecular flexibility index (Phi) is 4.91. The lowest BCUT2D eigenvalue weighted by Gasteiger charge is -2.13. The van der Waals surface area contributed by atoms with Crippen molar-refractivity contribution >= 4 is 16.7 Å². The molecule has 20 heavy (non-hydrogen) atoms.